The normalized spacial score (nSPS) is 14.3. The van der Waals surface area contributed by atoms with Crippen molar-refractivity contribution in [1.82, 2.24) is 19.8 Å². The second-order valence-electron chi connectivity index (χ2n) is 11.1. The topological polar surface area (TPSA) is 139 Å². The van der Waals surface area contributed by atoms with Crippen LogP contribution in [0.2, 0.25) is 0 Å². The van der Waals surface area contributed by atoms with Gasteiger partial charge in [-0.25, -0.2) is 13.3 Å². The summed E-state index contributed by atoms with van der Waals surface area (Å²) < 4.78 is 26.4. The second-order valence-corrected chi connectivity index (χ2v) is 13.3. The molecule has 2 N–H and O–H groups in total. The number of carbonyl (C=O) groups is 3. The summed E-state index contributed by atoms with van der Waals surface area (Å²) in [6.45, 7) is 4.19. The Morgan fingerprint density at radius 3 is 2.53 bits per heavy atom. The van der Waals surface area contributed by atoms with Crippen molar-refractivity contribution in [3.8, 4) is 11.8 Å². The fourth-order valence-electron chi connectivity index (χ4n) is 4.90. The predicted octanol–water partition coefficient (Wildman–Crippen LogP) is 2.26. The minimum Gasteiger partial charge on any atom is -0.379 e. The lowest BCUT2D eigenvalue weighted by molar-refractivity contribution is -0.671. The first-order valence-electron chi connectivity index (χ1n) is 14.9. The quantitative estimate of drug-likeness (QED) is 0.220. The van der Waals surface area contributed by atoms with E-state index < -0.39 is 15.6 Å². The van der Waals surface area contributed by atoms with E-state index in [-0.39, 0.29) is 22.3 Å². The number of benzene rings is 2. The summed E-state index contributed by atoms with van der Waals surface area (Å²) in [4.78, 5) is 45.1. The molecule has 4 aromatic rings. The van der Waals surface area contributed by atoms with Gasteiger partial charge in [-0.2, -0.15) is 4.36 Å². The lowest BCUT2D eigenvalue weighted by Crippen LogP contribution is -2.41. The molecule has 5 rings (SSSR count). The predicted molar refractivity (Wildman–Crippen MR) is 176 cm³/mol. The molecular formula is C34H36N7O5S+. The number of imidazole rings is 1. The number of pyridine rings is 1. The molecule has 2 aromatic carbocycles. The molecule has 3 heterocycles. The molecule has 47 heavy (non-hydrogen) atoms. The molecule has 1 aliphatic rings. The van der Waals surface area contributed by atoms with E-state index in [1.165, 1.54) is 30.8 Å². The van der Waals surface area contributed by atoms with E-state index >= 15 is 0 Å². The van der Waals surface area contributed by atoms with Crippen molar-refractivity contribution in [3.63, 3.8) is 0 Å². The van der Waals surface area contributed by atoms with Crippen molar-refractivity contribution < 1.29 is 27.9 Å². The van der Waals surface area contributed by atoms with Crippen LogP contribution in [0, 0.1) is 11.8 Å². The standard InChI is InChI=1S/C34H35N7O5S/c1-39-23-31(40(2)24-39)34(44)37-29-8-4-6-25(19-29)10-11-26-18-28(22-35-21-26)33(43)38-47(3,45)30-9-5-7-27(20-30)32(42)36-12-13-41-14-16-46-17-15-41/h4-9,18-24H,12-17H2,1-3H3,(H-,36,37,42,44)/p+1. The SMILES string of the molecule is Cn1c[n+](C)cc1C(=O)Nc1cccc(C#Cc2cncc(C(=O)N=S(C)(=O)c3cccc(C(=O)NCCN4CCOCC4)c3)c2)c1. The number of ether oxygens (including phenoxy) is 1. The van der Waals surface area contributed by atoms with Crippen LogP contribution in [-0.4, -0.2) is 82.0 Å². The number of rotatable bonds is 8. The molecule has 13 heteroatoms. The molecule has 2 aromatic heterocycles. The van der Waals surface area contributed by atoms with Crippen molar-refractivity contribution in [3.05, 3.63) is 107 Å². The Morgan fingerprint density at radius 1 is 1.00 bits per heavy atom. The van der Waals surface area contributed by atoms with Gasteiger partial charge in [-0.3, -0.25) is 24.3 Å². The summed E-state index contributed by atoms with van der Waals surface area (Å²) in [6, 6.07) is 15.0. The number of hydrogen-bond acceptors (Lipinski definition) is 7. The summed E-state index contributed by atoms with van der Waals surface area (Å²) in [5, 5.41) is 5.76. The highest BCUT2D eigenvalue weighted by atomic mass is 32.2. The van der Waals surface area contributed by atoms with E-state index in [1.54, 1.807) is 71.2 Å². The molecule has 1 saturated heterocycles. The van der Waals surface area contributed by atoms with Gasteiger partial charge in [0, 0.05) is 72.1 Å². The van der Waals surface area contributed by atoms with Crippen LogP contribution >= 0.6 is 0 Å². The summed E-state index contributed by atoms with van der Waals surface area (Å²) in [5.41, 5.74) is 2.64. The summed E-state index contributed by atoms with van der Waals surface area (Å²) in [6.07, 6.45) is 7.74. The smallest absolute Gasteiger partial charge is 0.299 e. The molecule has 1 fully saturated rings. The number of carbonyl (C=O) groups excluding carboxylic acids is 3. The molecule has 12 nitrogen and oxygen atoms in total. The van der Waals surface area contributed by atoms with Gasteiger partial charge in [-0.05, 0) is 42.5 Å². The van der Waals surface area contributed by atoms with Crippen LogP contribution in [0.25, 0.3) is 0 Å². The van der Waals surface area contributed by atoms with Gasteiger partial charge in [0.25, 0.3) is 17.7 Å². The Hall–Kier alpha value is -5.16. The average molecular weight is 655 g/mol. The lowest BCUT2D eigenvalue weighted by atomic mass is 10.1. The van der Waals surface area contributed by atoms with Crippen molar-refractivity contribution in [2.45, 2.75) is 4.90 Å². The highest BCUT2D eigenvalue weighted by Gasteiger charge is 2.18. The molecule has 0 spiro atoms. The minimum atomic E-state index is -3.18. The zero-order chi connectivity index (χ0) is 33.4. The first-order chi connectivity index (χ1) is 22.6. The van der Waals surface area contributed by atoms with Crippen LogP contribution in [0.3, 0.4) is 0 Å². The van der Waals surface area contributed by atoms with Gasteiger partial charge < -0.3 is 15.4 Å². The molecule has 242 valence electrons. The number of nitrogens with one attached hydrogen (secondary N) is 2. The largest absolute Gasteiger partial charge is 0.379 e. The maximum absolute atomic E-state index is 13.6. The number of hydrogen-bond donors (Lipinski definition) is 2. The molecule has 1 atom stereocenters. The van der Waals surface area contributed by atoms with Gasteiger partial charge in [-0.1, -0.05) is 24.0 Å². The van der Waals surface area contributed by atoms with Gasteiger partial charge in [-0.15, -0.1) is 0 Å². The highest BCUT2D eigenvalue weighted by Crippen LogP contribution is 2.16. The molecule has 3 amide bonds. The average Bonchev–Trinajstić information content (AvgIpc) is 3.42. The van der Waals surface area contributed by atoms with Crippen molar-refractivity contribution in [2.24, 2.45) is 18.5 Å². The van der Waals surface area contributed by atoms with Crippen molar-refractivity contribution in [2.75, 3.05) is 51.0 Å². The van der Waals surface area contributed by atoms with Gasteiger partial charge in [0.05, 0.1) is 42.6 Å². The van der Waals surface area contributed by atoms with E-state index in [1.807, 2.05) is 7.05 Å². The number of amides is 3. The summed E-state index contributed by atoms with van der Waals surface area (Å²) in [7, 11) is 0.454. The van der Waals surface area contributed by atoms with E-state index in [0.717, 1.165) is 13.1 Å². The number of morpholine rings is 1. The van der Waals surface area contributed by atoms with E-state index in [0.29, 0.717) is 54.4 Å². The third-order valence-electron chi connectivity index (χ3n) is 7.36. The van der Waals surface area contributed by atoms with E-state index in [9.17, 15) is 18.6 Å². The first-order valence-corrected chi connectivity index (χ1v) is 16.8. The summed E-state index contributed by atoms with van der Waals surface area (Å²) in [5.74, 6) is 4.74. The molecule has 1 aliphatic heterocycles. The van der Waals surface area contributed by atoms with Crippen LogP contribution in [0.15, 0.2) is 88.8 Å². The third-order valence-corrected chi connectivity index (χ3v) is 9.00. The molecule has 0 bridgehead atoms. The Labute approximate surface area is 274 Å². The molecule has 0 saturated carbocycles. The maximum Gasteiger partial charge on any atom is 0.299 e. The fraction of sp³-hybridized carbons (Fsp3) is 0.265. The summed E-state index contributed by atoms with van der Waals surface area (Å²) >= 11 is 0. The van der Waals surface area contributed by atoms with Crippen LogP contribution in [0.5, 0.6) is 0 Å². The second kappa shape index (κ2) is 15.0. The minimum absolute atomic E-state index is 0.125. The molecular weight excluding hydrogens is 618 g/mol. The third kappa shape index (κ3) is 8.98. The first kappa shape index (κ1) is 33.2. The van der Waals surface area contributed by atoms with Gasteiger partial charge in [0.2, 0.25) is 12.0 Å². The maximum atomic E-state index is 13.6. The van der Waals surface area contributed by atoms with Crippen LogP contribution in [0.4, 0.5) is 5.69 Å². The number of nitrogens with zero attached hydrogens (tertiary/aromatic N) is 5. The highest BCUT2D eigenvalue weighted by molar-refractivity contribution is 7.93. The molecule has 0 radical (unpaired) electrons. The van der Waals surface area contributed by atoms with Crippen molar-refractivity contribution in [1.29, 1.82) is 0 Å². The van der Waals surface area contributed by atoms with Crippen LogP contribution in [0.1, 0.15) is 42.3 Å². The van der Waals surface area contributed by atoms with Gasteiger partial charge in [0.15, 0.2) is 0 Å². The molecule has 1 unspecified atom stereocenters. The van der Waals surface area contributed by atoms with E-state index in [4.69, 9.17) is 4.74 Å². The number of aryl methyl sites for hydroxylation is 2. The monoisotopic (exact) mass is 654 g/mol. The zero-order valence-corrected chi connectivity index (χ0v) is 27.3. The molecule has 0 aliphatic carbocycles. The number of aromatic nitrogens is 3. The van der Waals surface area contributed by atoms with Gasteiger partial charge >= 0.3 is 0 Å². The fourth-order valence-corrected chi connectivity index (χ4v) is 6.11. The Morgan fingerprint density at radius 2 is 1.77 bits per heavy atom. The van der Waals surface area contributed by atoms with Crippen LogP contribution in [-0.2, 0) is 28.6 Å². The lowest BCUT2D eigenvalue weighted by Gasteiger charge is -2.26. The van der Waals surface area contributed by atoms with Crippen LogP contribution < -0.4 is 15.2 Å². The Balaban J connectivity index is 1.25. The van der Waals surface area contributed by atoms with Gasteiger partial charge in [0.1, 0.15) is 6.20 Å². The zero-order valence-electron chi connectivity index (χ0n) is 26.4. The Kier molecular flexibility index (Phi) is 10.6. The number of anilines is 1. The van der Waals surface area contributed by atoms with E-state index in [2.05, 4.69) is 36.7 Å². The van der Waals surface area contributed by atoms with Crippen molar-refractivity contribution >= 4 is 33.1 Å². The Bertz CT molecular complexity index is 2000.